The molecule has 1 aromatic carbocycles. The van der Waals surface area contributed by atoms with Crippen molar-refractivity contribution in [1.82, 2.24) is 25.8 Å². The minimum atomic E-state index is -0.653. The van der Waals surface area contributed by atoms with Gasteiger partial charge in [0.2, 0.25) is 11.8 Å². The molecule has 5 aliphatic rings. The first-order valence-corrected chi connectivity index (χ1v) is 14.1. The van der Waals surface area contributed by atoms with Crippen LogP contribution in [0.5, 0.6) is 0 Å². The Bertz CT molecular complexity index is 1250. The van der Waals surface area contributed by atoms with Crippen LogP contribution in [-0.2, 0) is 32.2 Å². The first-order valence-electron chi connectivity index (χ1n) is 14.1. The van der Waals surface area contributed by atoms with Gasteiger partial charge in [-0.15, -0.1) is 0 Å². The topological polar surface area (TPSA) is 146 Å². The van der Waals surface area contributed by atoms with Crippen molar-refractivity contribution in [2.24, 2.45) is 5.41 Å². The fraction of sp³-hybridized carbons (Fsp3) is 0.621. The molecule has 3 aliphatic carbocycles. The molecule has 0 aromatic heterocycles. The molecule has 12 nitrogen and oxygen atoms in total. The van der Waals surface area contributed by atoms with Gasteiger partial charge in [0.1, 0.15) is 11.6 Å². The summed E-state index contributed by atoms with van der Waals surface area (Å²) in [7, 11) is 1.69. The molecular weight excluding hydrogens is 530 g/mol. The number of amides is 6. The Kier molecular flexibility index (Phi) is 7.47. The summed E-state index contributed by atoms with van der Waals surface area (Å²) in [6.45, 7) is 7.57. The van der Waals surface area contributed by atoms with Gasteiger partial charge in [-0.05, 0) is 63.6 Å². The third kappa shape index (κ3) is 6.17. The monoisotopic (exact) mass is 569 g/mol. The van der Waals surface area contributed by atoms with Crippen LogP contribution in [0, 0.1) is 5.41 Å². The maximum Gasteiger partial charge on any atom is 0.410 e. The zero-order valence-corrected chi connectivity index (χ0v) is 24.1. The SMILES string of the molecule is CN(CCOCC12CC(NC(=O)NCc3ccc4c(c3)CN(C3CCC(=O)NC3=O)C4=O)(C1)C2)C(=O)OC(C)(C)C. The highest BCUT2D eigenvalue weighted by Crippen LogP contribution is 2.67. The largest absolute Gasteiger partial charge is 0.444 e. The van der Waals surface area contributed by atoms with Gasteiger partial charge in [-0.25, -0.2) is 9.59 Å². The number of hydrogen-bond acceptors (Lipinski definition) is 7. The third-order valence-electron chi connectivity index (χ3n) is 8.24. The zero-order chi connectivity index (χ0) is 29.6. The molecule has 41 heavy (non-hydrogen) atoms. The van der Waals surface area contributed by atoms with Gasteiger partial charge in [0.25, 0.3) is 5.91 Å². The van der Waals surface area contributed by atoms with Crippen molar-refractivity contribution in [3.63, 3.8) is 0 Å². The molecule has 12 heteroatoms. The summed E-state index contributed by atoms with van der Waals surface area (Å²) < 4.78 is 11.2. The van der Waals surface area contributed by atoms with Crippen LogP contribution in [0.4, 0.5) is 9.59 Å². The number of carbonyl (C=O) groups is 5. The third-order valence-corrected chi connectivity index (χ3v) is 8.24. The second-order valence-electron chi connectivity index (χ2n) is 13.0. The maximum atomic E-state index is 12.9. The minimum Gasteiger partial charge on any atom is -0.444 e. The number of rotatable bonds is 9. The van der Waals surface area contributed by atoms with E-state index in [-0.39, 0.29) is 41.3 Å². The number of carbonyl (C=O) groups excluding carboxylic acids is 5. The average molecular weight is 570 g/mol. The summed E-state index contributed by atoms with van der Waals surface area (Å²) in [5.41, 5.74) is 1.58. The lowest BCUT2D eigenvalue weighted by molar-refractivity contribution is -0.183. The van der Waals surface area contributed by atoms with E-state index >= 15 is 0 Å². The van der Waals surface area contributed by atoms with Crippen LogP contribution in [0.3, 0.4) is 0 Å². The molecule has 222 valence electrons. The molecule has 3 saturated carbocycles. The van der Waals surface area contributed by atoms with Crippen LogP contribution < -0.4 is 16.0 Å². The number of urea groups is 1. The van der Waals surface area contributed by atoms with E-state index < -0.39 is 17.6 Å². The highest BCUT2D eigenvalue weighted by Gasteiger charge is 2.68. The summed E-state index contributed by atoms with van der Waals surface area (Å²) in [6, 6.07) is 4.53. The molecule has 2 heterocycles. The molecule has 0 spiro atoms. The minimum absolute atomic E-state index is 0.0959. The second-order valence-corrected chi connectivity index (χ2v) is 13.0. The van der Waals surface area contributed by atoms with Gasteiger partial charge in [0.15, 0.2) is 0 Å². The fourth-order valence-corrected chi connectivity index (χ4v) is 6.41. The van der Waals surface area contributed by atoms with Crippen LogP contribution in [0.15, 0.2) is 18.2 Å². The molecule has 6 amide bonds. The van der Waals surface area contributed by atoms with Gasteiger partial charge in [0, 0.05) is 49.6 Å². The number of ether oxygens (including phenoxy) is 2. The lowest BCUT2D eigenvalue weighted by atomic mass is 9.39. The lowest BCUT2D eigenvalue weighted by Crippen LogP contribution is -2.76. The van der Waals surface area contributed by atoms with Gasteiger partial charge in [-0.2, -0.15) is 0 Å². The molecule has 0 radical (unpaired) electrons. The Morgan fingerprint density at radius 1 is 1.17 bits per heavy atom. The molecule has 1 atom stereocenters. The normalized spacial score (nSPS) is 26.4. The lowest BCUT2D eigenvalue weighted by Gasteiger charge is -2.70. The standard InChI is InChI=1S/C29H39N5O7/c1-27(2,3)41-26(39)33(4)9-10-40-17-28-14-29(15-28,16-28)32-25(38)30-12-18-5-6-20-19(11-18)13-34(24(20)37)21-7-8-22(35)31-23(21)36/h5-6,11,21H,7-10,12-17H2,1-4H3,(H2,30,32,38)(H,31,35,36). The van der Waals surface area contributed by atoms with E-state index in [4.69, 9.17) is 9.47 Å². The number of nitrogens with one attached hydrogen (secondary N) is 3. The van der Waals surface area contributed by atoms with Crippen molar-refractivity contribution in [3.8, 4) is 0 Å². The summed E-state index contributed by atoms with van der Waals surface area (Å²) in [6.07, 6.45) is 2.76. The highest BCUT2D eigenvalue weighted by atomic mass is 16.6. The van der Waals surface area contributed by atoms with Gasteiger partial charge in [-0.1, -0.05) is 12.1 Å². The van der Waals surface area contributed by atoms with E-state index in [2.05, 4.69) is 16.0 Å². The number of piperidine rings is 1. The summed E-state index contributed by atoms with van der Waals surface area (Å²) in [5, 5.41) is 8.32. The van der Waals surface area contributed by atoms with Gasteiger partial charge >= 0.3 is 12.1 Å². The molecular formula is C29H39N5O7. The first kappa shape index (κ1) is 28.8. The molecule has 6 rings (SSSR count). The quantitative estimate of drug-likeness (QED) is 0.305. The fourth-order valence-electron chi connectivity index (χ4n) is 6.41. The predicted molar refractivity (Wildman–Crippen MR) is 147 cm³/mol. The first-order chi connectivity index (χ1) is 19.3. The number of benzene rings is 1. The van der Waals surface area contributed by atoms with E-state index in [1.54, 1.807) is 19.2 Å². The van der Waals surface area contributed by atoms with E-state index in [0.717, 1.165) is 30.4 Å². The Morgan fingerprint density at radius 3 is 2.59 bits per heavy atom. The Morgan fingerprint density at radius 2 is 1.90 bits per heavy atom. The Hall–Kier alpha value is -3.67. The van der Waals surface area contributed by atoms with Crippen molar-refractivity contribution < 1.29 is 33.4 Å². The van der Waals surface area contributed by atoms with Crippen molar-refractivity contribution in [3.05, 3.63) is 34.9 Å². The molecule has 2 aliphatic heterocycles. The van der Waals surface area contributed by atoms with E-state index in [0.29, 0.717) is 44.8 Å². The summed E-state index contributed by atoms with van der Waals surface area (Å²) >= 11 is 0. The highest BCUT2D eigenvalue weighted by molar-refractivity contribution is 6.05. The Labute approximate surface area is 239 Å². The van der Waals surface area contributed by atoms with Crippen LogP contribution in [0.2, 0.25) is 0 Å². The maximum absolute atomic E-state index is 12.9. The number of fused-ring (bicyclic) bond motifs is 1. The molecule has 4 fully saturated rings. The summed E-state index contributed by atoms with van der Waals surface area (Å²) in [5.74, 6) is -0.971. The van der Waals surface area contributed by atoms with E-state index in [1.165, 1.54) is 9.80 Å². The van der Waals surface area contributed by atoms with Crippen molar-refractivity contribution in [1.29, 1.82) is 0 Å². The summed E-state index contributed by atoms with van der Waals surface area (Å²) in [4.78, 5) is 64.2. The van der Waals surface area contributed by atoms with Crippen molar-refractivity contribution in [2.75, 3.05) is 26.8 Å². The molecule has 3 N–H and O–H groups in total. The van der Waals surface area contributed by atoms with Gasteiger partial charge in [-0.3, -0.25) is 19.7 Å². The van der Waals surface area contributed by atoms with Crippen molar-refractivity contribution in [2.45, 2.75) is 83.1 Å². The molecule has 1 saturated heterocycles. The zero-order valence-electron chi connectivity index (χ0n) is 24.1. The van der Waals surface area contributed by atoms with Crippen LogP contribution in [-0.4, -0.2) is 83.6 Å². The number of likely N-dealkylation sites (N-methyl/N-ethyl adjacent to an activating group) is 1. The van der Waals surface area contributed by atoms with Crippen LogP contribution >= 0.6 is 0 Å². The molecule has 1 unspecified atom stereocenters. The number of imide groups is 1. The average Bonchev–Trinajstić information content (AvgIpc) is 3.16. The van der Waals surface area contributed by atoms with Gasteiger partial charge < -0.3 is 29.9 Å². The predicted octanol–water partition coefficient (Wildman–Crippen LogP) is 2.05. The Balaban J connectivity index is 1.01. The second kappa shape index (κ2) is 10.6. The van der Waals surface area contributed by atoms with E-state index in [9.17, 15) is 24.0 Å². The van der Waals surface area contributed by atoms with Crippen molar-refractivity contribution >= 4 is 29.8 Å². The number of nitrogens with zero attached hydrogens (tertiary/aromatic N) is 2. The smallest absolute Gasteiger partial charge is 0.410 e. The number of hydrogen-bond donors (Lipinski definition) is 3. The van der Waals surface area contributed by atoms with Crippen LogP contribution in [0.25, 0.3) is 0 Å². The molecule has 2 bridgehead atoms. The molecule has 1 aromatic rings. The van der Waals surface area contributed by atoms with Crippen LogP contribution in [0.1, 0.15) is 74.4 Å². The van der Waals surface area contributed by atoms with E-state index in [1.807, 2.05) is 26.8 Å². The van der Waals surface area contributed by atoms with Gasteiger partial charge in [0.05, 0.1) is 13.2 Å².